The fourth-order valence-electron chi connectivity index (χ4n) is 1.35. The monoisotopic (exact) mass is 253 g/mol. The molecule has 15 heavy (non-hydrogen) atoms. The van der Waals surface area contributed by atoms with Gasteiger partial charge in [-0.2, -0.15) is 11.8 Å². The average Bonchev–Trinajstić information content (AvgIpc) is 2.53. The number of esters is 1. The third-order valence-corrected chi connectivity index (χ3v) is 5.61. The van der Waals surface area contributed by atoms with Crippen LogP contribution in [0.15, 0.2) is 0 Å². The molecule has 7 heteroatoms. The number of hydrogen-bond acceptors (Lipinski definition) is 6. The van der Waals surface area contributed by atoms with Crippen molar-refractivity contribution in [3.05, 3.63) is 0 Å². The molecule has 2 atom stereocenters. The molecule has 0 aliphatic carbocycles. The molecule has 5 nitrogen and oxygen atoms in total. The predicted octanol–water partition coefficient (Wildman–Crippen LogP) is -0.593. The van der Waals surface area contributed by atoms with E-state index in [-0.39, 0.29) is 16.8 Å². The third-order valence-electron chi connectivity index (χ3n) is 2.21. The Balaban J connectivity index is 2.30. The molecule has 0 aromatic carbocycles. The highest BCUT2D eigenvalue weighted by Crippen LogP contribution is 2.24. The second kappa shape index (κ2) is 5.18. The van der Waals surface area contributed by atoms with E-state index < -0.39 is 21.8 Å². The summed E-state index contributed by atoms with van der Waals surface area (Å²) in [7, 11) is -1.56. The first kappa shape index (κ1) is 12.8. The van der Waals surface area contributed by atoms with Gasteiger partial charge in [0.2, 0.25) is 0 Å². The van der Waals surface area contributed by atoms with E-state index in [1.54, 1.807) is 0 Å². The van der Waals surface area contributed by atoms with Crippen LogP contribution < -0.4 is 5.73 Å². The zero-order valence-corrected chi connectivity index (χ0v) is 10.1. The number of carbonyl (C=O) groups excluding carboxylic acids is 1. The molecule has 1 heterocycles. The Morgan fingerprint density at radius 3 is 2.80 bits per heavy atom. The zero-order chi connectivity index (χ0) is 11.5. The molecule has 1 fully saturated rings. The molecule has 1 saturated heterocycles. The van der Waals surface area contributed by atoms with E-state index in [0.717, 1.165) is 0 Å². The van der Waals surface area contributed by atoms with Crippen LogP contribution in [0.25, 0.3) is 0 Å². The van der Waals surface area contributed by atoms with Gasteiger partial charge in [0.25, 0.3) is 0 Å². The lowest BCUT2D eigenvalue weighted by molar-refractivity contribution is -0.141. The largest absolute Gasteiger partial charge is 0.468 e. The van der Waals surface area contributed by atoms with E-state index in [2.05, 4.69) is 4.74 Å². The van der Waals surface area contributed by atoms with E-state index in [4.69, 9.17) is 5.73 Å². The van der Waals surface area contributed by atoms with E-state index in [9.17, 15) is 13.2 Å². The standard InChI is InChI=1S/C8H15NO4S2/c1-13-8(10)7(9)4-14-6-2-3-15(11,12)5-6/h6-7H,2-5,9H2,1H3. The number of ether oxygens (including phenoxy) is 1. The Morgan fingerprint density at radius 2 is 2.33 bits per heavy atom. The van der Waals surface area contributed by atoms with Crippen LogP contribution in [0.4, 0.5) is 0 Å². The van der Waals surface area contributed by atoms with Crippen molar-refractivity contribution in [2.45, 2.75) is 17.7 Å². The summed E-state index contributed by atoms with van der Waals surface area (Å²) in [6.45, 7) is 0. The summed E-state index contributed by atoms with van der Waals surface area (Å²) in [5, 5.41) is 0.0747. The minimum atomic E-state index is -2.85. The maximum atomic E-state index is 11.1. The predicted molar refractivity (Wildman–Crippen MR) is 59.5 cm³/mol. The number of nitrogens with two attached hydrogens (primary N) is 1. The van der Waals surface area contributed by atoms with E-state index in [0.29, 0.717) is 12.2 Å². The Labute approximate surface area is 93.7 Å². The maximum absolute atomic E-state index is 11.1. The lowest BCUT2D eigenvalue weighted by atomic mass is 10.4. The minimum absolute atomic E-state index is 0.0747. The van der Waals surface area contributed by atoms with Crippen molar-refractivity contribution in [2.24, 2.45) is 5.73 Å². The number of methoxy groups -OCH3 is 1. The van der Waals surface area contributed by atoms with Gasteiger partial charge in [0.15, 0.2) is 9.84 Å². The van der Waals surface area contributed by atoms with Gasteiger partial charge in [0, 0.05) is 11.0 Å². The summed E-state index contributed by atoms with van der Waals surface area (Å²) in [5.74, 6) is 0.402. The molecule has 0 spiro atoms. The molecule has 1 aliphatic rings. The van der Waals surface area contributed by atoms with Crippen LogP contribution in [-0.2, 0) is 19.4 Å². The number of hydrogen-bond donors (Lipinski definition) is 1. The molecular formula is C8H15NO4S2. The van der Waals surface area contributed by atoms with Crippen molar-refractivity contribution < 1.29 is 17.9 Å². The number of carbonyl (C=O) groups is 1. The highest BCUT2D eigenvalue weighted by atomic mass is 32.2. The molecule has 0 amide bonds. The second-order valence-electron chi connectivity index (χ2n) is 3.49. The van der Waals surface area contributed by atoms with Crippen LogP contribution in [0.1, 0.15) is 6.42 Å². The summed E-state index contributed by atoms with van der Waals surface area (Å²) in [5.41, 5.74) is 5.53. The molecule has 2 N–H and O–H groups in total. The number of sulfone groups is 1. The zero-order valence-electron chi connectivity index (χ0n) is 8.51. The molecule has 0 saturated carbocycles. The highest BCUT2D eigenvalue weighted by Gasteiger charge is 2.29. The van der Waals surface area contributed by atoms with Gasteiger partial charge in [-0.05, 0) is 6.42 Å². The van der Waals surface area contributed by atoms with Gasteiger partial charge in [0.1, 0.15) is 6.04 Å². The average molecular weight is 253 g/mol. The first-order valence-electron chi connectivity index (χ1n) is 4.60. The fourth-order valence-corrected chi connectivity index (χ4v) is 4.95. The van der Waals surface area contributed by atoms with Crippen LogP contribution in [0, 0.1) is 0 Å². The summed E-state index contributed by atoms with van der Waals surface area (Å²) in [6.07, 6.45) is 0.654. The lowest BCUT2D eigenvalue weighted by Gasteiger charge is -2.11. The summed E-state index contributed by atoms with van der Waals surface area (Å²) in [6, 6.07) is -0.664. The van der Waals surface area contributed by atoms with Crippen LogP contribution in [-0.4, -0.2) is 50.0 Å². The first-order valence-corrected chi connectivity index (χ1v) is 7.47. The fraction of sp³-hybridized carbons (Fsp3) is 0.875. The van der Waals surface area contributed by atoms with Crippen molar-refractivity contribution in [3.8, 4) is 0 Å². The van der Waals surface area contributed by atoms with Gasteiger partial charge < -0.3 is 10.5 Å². The smallest absolute Gasteiger partial charge is 0.323 e. The van der Waals surface area contributed by atoms with Gasteiger partial charge in [0.05, 0.1) is 18.6 Å². The first-order chi connectivity index (χ1) is 6.94. The van der Waals surface area contributed by atoms with Gasteiger partial charge in [-0.3, -0.25) is 4.79 Å². The van der Waals surface area contributed by atoms with Crippen molar-refractivity contribution in [1.29, 1.82) is 0 Å². The molecule has 0 aromatic heterocycles. The maximum Gasteiger partial charge on any atom is 0.323 e. The van der Waals surface area contributed by atoms with Crippen LogP contribution in [0.2, 0.25) is 0 Å². The topological polar surface area (TPSA) is 86.5 Å². The molecule has 2 unspecified atom stereocenters. The van der Waals surface area contributed by atoms with Crippen molar-refractivity contribution in [3.63, 3.8) is 0 Å². The molecule has 1 aliphatic heterocycles. The van der Waals surface area contributed by atoms with Crippen LogP contribution in [0.5, 0.6) is 0 Å². The molecule has 0 radical (unpaired) electrons. The second-order valence-corrected chi connectivity index (χ2v) is 7.05. The van der Waals surface area contributed by atoms with Gasteiger partial charge >= 0.3 is 5.97 Å². The molecular weight excluding hydrogens is 238 g/mol. The van der Waals surface area contributed by atoms with Gasteiger partial charge in [-0.15, -0.1) is 0 Å². The van der Waals surface area contributed by atoms with Crippen LogP contribution >= 0.6 is 11.8 Å². The molecule has 88 valence electrons. The van der Waals surface area contributed by atoms with Crippen molar-refractivity contribution in [1.82, 2.24) is 0 Å². The van der Waals surface area contributed by atoms with E-state index >= 15 is 0 Å². The number of thioether (sulfide) groups is 1. The molecule has 1 rings (SSSR count). The third kappa shape index (κ3) is 4.00. The summed E-state index contributed by atoms with van der Waals surface area (Å²) >= 11 is 1.43. The summed E-state index contributed by atoms with van der Waals surface area (Å²) < 4.78 is 26.8. The quantitative estimate of drug-likeness (QED) is 0.674. The SMILES string of the molecule is COC(=O)C(N)CSC1CCS(=O)(=O)C1. The van der Waals surface area contributed by atoms with E-state index in [1.165, 1.54) is 18.9 Å². The summed E-state index contributed by atoms with van der Waals surface area (Å²) in [4.78, 5) is 11.0. The van der Waals surface area contributed by atoms with Gasteiger partial charge in [-0.25, -0.2) is 8.42 Å². The normalized spacial score (nSPS) is 26.1. The Hall–Kier alpha value is -0.270. The molecule has 0 aromatic rings. The Bertz CT molecular complexity index is 328. The Kier molecular flexibility index (Phi) is 4.42. The Morgan fingerprint density at radius 1 is 1.67 bits per heavy atom. The van der Waals surface area contributed by atoms with E-state index in [1.807, 2.05) is 0 Å². The van der Waals surface area contributed by atoms with Gasteiger partial charge in [-0.1, -0.05) is 0 Å². The van der Waals surface area contributed by atoms with Crippen molar-refractivity contribution >= 4 is 27.6 Å². The lowest BCUT2D eigenvalue weighted by Crippen LogP contribution is -2.34. The number of rotatable bonds is 4. The minimum Gasteiger partial charge on any atom is -0.468 e. The highest BCUT2D eigenvalue weighted by molar-refractivity contribution is 8.01. The van der Waals surface area contributed by atoms with Crippen LogP contribution in [0.3, 0.4) is 0 Å². The molecule has 0 bridgehead atoms. The van der Waals surface area contributed by atoms with Crippen molar-refractivity contribution in [2.75, 3.05) is 24.4 Å².